The Labute approximate surface area is 87.6 Å². The molecule has 1 rings (SSSR count). The molecule has 0 spiro atoms. The molecule has 0 fully saturated rings. The van der Waals surface area contributed by atoms with E-state index in [9.17, 15) is 4.39 Å². The molecule has 0 bridgehead atoms. The number of nitrogens with zero attached hydrogens (tertiary/aromatic N) is 1. The molecular formula is C10H12ClFN2. The summed E-state index contributed by atoms with van der Waals surface area (Å²) in [7, 11) is 0. The Morgan fingerprint density at radius 3 is 2.86 bits per heavy atom. The summed E-state index contributed by atoms with van der Waals surface area (Å²) in [6.07, 6.45) is 0.926. The van der Waals surface area contributed by atoms with Crippen molar-refractivity contribution in [2.24, 2.45) is 10.7 Å². The lowest BCUT2D eigenvalue weighted by Gasteiger charge is -2.01. The number of rotatable bonds is 3. The standard InChI is InChI=1S/C10H12ClFN2/c1-2-5-14-10(13)7-3-4-9(12)8(11)6-7/h3-4,6H,2,5H2,1H3,(H2,13,14). The van der Waals surface area contributed by atoms with Gasteiger partial charge in [-0.25, -0.2) is 4.39 Å². The third-order valence-electron chi connectivity index (χ3n) is 1.72. The number of hydrogen-bond donors (Lipinski definition) is 1. The van der Waals surface area contributed by atoms with E-state index in [1.807, 2.05) is 6.92 Å². The Kier molecular flexibility index (Phi) is 3.89. The molecule has 14 heavy (non-hydrogen) atoms. The number of benzene rings is 1. The number of nitrogens with two attached hydrogens (primary N) is 1. The van der Waals surface area contributed by atoms with E-state index >= 15 is 0 Å². The normalized spacial score (nSPS) is 11.8. The third kappa shape index (κ3) is 2.70. The molecule has 0 aliphatic heterocycles. The number of amidine groups is 1. The summed E-state index contributed by atoms with van der Waals surface area (Å²) in [6, 6.07) is 4.33. The van der Waals surface area contributed by atoms with Crippen molar-refractivity contribution in [1.82, 2.24) is 0 Å². The van der Waals surface area contributed by atoms with Crippen LogP contribution in [0.5, 0.6) is 0 Å². The molecule has 2 nitrogen and oxygen atoms in total. The molecule has 1 aromatic carbocycles. The summed E-state index contributed by atoms with van der Waals surface area (Å²) >= 11 is 5.61. The van der Waals surface area contributed by atoms with Gasteiger partial charge in [-0.2, -0.15) is 0 Å². The Bertz CT molecular complexity index is 350. The maximum absolute atomic E-state index is 12.8. The molecule has 0 unspecified atom stereocenters. The third-order valence-corrected chi connectivity index (χ3v) is 2.01. The summed E-state index contributed by atoms with van der Waals surface area (Å²) in [6.45, 7) is 2.68. The van der Waals surface area contributed by atoms with Crippen LogP contribution in [0.3, 0.4) is 0 Å². The van der Waals surface area contributed by atoms with E-state index in [-0.39, 0.29) is 5.02 Å². The smallest absolute Gasteiger partial charge is 0.141 e. The van der Waals surface area contributed by atoms with E-state index in [1.165, 1.54) is 12.1 Å². The lowest BCUT2D eigenvalue weighted by atomic mass is 10.2. The van der Waals surface area contributed by atoms with E-state index in [0.717, 1.165) is 6.42 Å². The predicted molar refractivity (Wildman–Crippen MR) is 57.3 cm³/mol. The molecule has 2 N–H and O–H groups in total. The largest absolute Gasteiger partial charge is 0.384 e. The highest BCUT2D eigenvalue weighted by atomic mass is 35.5. The zero-order valence-electron chi connectivity index (χ0n) is 7.93. The van der Waals surface area contributed by atoms with Crippen molar-refractivity contribution >= 4 is 17.4 Å². The minimum absolute atomic E-state index is 0.0668. The van der Waals surface area contributed by atoms with Crippen LogP contribution in [0.2, 0.25) is 5.02 Å². The van der Waals surface area contributed by atoms with Gasteiger partial charge in [0.1, 0.15) is 11.7 Å². The molecule has 0 radical (unpaired) electrons. The summed E-state index contributed by atoms with van der Waals surface area (Å²) in [4.78, 5) is 4.10. The monoisotopic (exact) mass is 214 g/mol. The second-order valence-corrected chi connectivity index (χ2v) is 3.30. The van der Waals surface area contributed by atoms with Crippen molar-refractivity contribution in [2.45, 2.75) is 13.3 Å². The predicted octanol–water partition coefficient (Wildman–Crippen LogP) is 2.59. The zero-order chi connectivity index (χ0) is 10.6. The fraction of sp³-hybridized carbons (Fsp3) is 0.300. The Morgan fingerprint density at radius 1 is 1.57 bits per heavy atom. The SMILES string of the molecule is CCCN=C(N)c1ccc(F)c(Cl)c1. The summed E-state index contributed by atoms with van der Waals surface area (Å²) in [5, 5.41) is 0.0668. The second kappa shape index (κ2) is 4.96. The van der Waals surface area contributed by atoms with E-state index in [2.05, 4.69) is 4.99 Å². The fourth-order valence-corrected chi connectivity index (χ4v) is 1.16. The molecule has 0 saturated carbocycles. The summed E-state index contributed by atoms with van der Waals surface area (Å²) < 4.78 is 12.8. The van der Waals surface area contributed by atoms with E-state index < -0.39 is 5.82 Å². The zero-order valence-corrected chi connectivity index (χ0v) is 8.68. The molecule has 0 aliphatic carbocycles. The van der Waals surface area contributed by atoms with Gasteiger partial charge in [0.05, 0.1) is 5.02 Å². The van der Waals surface area contributed by atoms with Crippen LogP contribution < -0.4 is 5.73 Å². The highest BCUT2D eigenvalue weighted by molar-refractivity contribution is 6.31. The van der Waals surface area contributed by atoms with Gasteiger partial charge in [-0.1, -0.05) is 18.5 Å². The van der Waals surface area contributed by atoms with Crippen LogP contribution in [0.15, 0.2) is 23.2 Å². The first-order valence-electron chi connectivity index (χ1n) is 4.40. The van der Waals surface area contributed by atoms with Crippen LogP contribution in [0.4, 0.5) is 4.39 Å². The molecule has 0 amide bonds. The van der Waals surface area contributed by atoms with Gasteiger partial charge in [0, 0.05) is 12.1 Å². The van der Waals surface area contributed by atoms with Crippen molar-refractivity contribution in [3.63, 3.8) is 0 Å². The minimum Gasteiger partial charge on any atom is -0.384 e. The van der Waals surface area contributed by atoms with Gasteiger partial charge in [-0.3, -0.25) is 4.99 Å². The Balaban J connectivity index is 2.91. The van der Waals surface area contributed by atoms with Gasteiger partial charge in [0.2, 0.25) is 0 Å². The van der Waals surface area contributed by atoms with Crippen LogP contribution in [-0.2, 0) is 0 Å². The topological polar surface area (TPSA) is 38.4 Å². The quantitative estimate of drug-likeness (QED) is 0.610. The van der Waals surface area contributed by atoms with E-state index in [1.54, 1.807) is 6.07 Å². The lowest BCUT2D eigenvalue weighted by molar-refractivity contribution is 0.628. The van der Waals surface area contributed by atoms with E-state index in [4.69, 9.17) is 17.3 Å². The minimum atomic E-state index is -0.446. The number of halogens is 2. The van der Waals surface area contributed by atoms with Crippen molar-refractivity contribution < 1.29 is 4.39 Å². The van der Waals surface area contributed by atoms with Gasteiger partial charge >= 0.3 is 0 Å². The van der Waals surface area contributed by atoms with Crippen LogP contribution in [0.25, 0.3) is 0 Å². The van der Waals surface area contributed by atoms with Crippen molar-refractivity contribution in [3.05, 3.63) is 34.6 Å². The van der Waals surface area contributed by atoms with Crippen molar-refractivity contribution in [1.29, 1.82) is 0 Å². The van der Waals surface area contributed by atoms with Crippen LogP contribution >= 0.6 is 11.6 Å². The number of hydrogen-bond acceptors (Lipinski definition) is 1. The maximum atomic E-state index is 12.8. The molecule has 76 valence electrons. The second-order valence-electron chi connectivity index (χ2n) is 2.90. The molecule has 0 saturated heterocycles. The molecule has 1 aromatic rings. The maximum Gasteiger partial charge on any atom is 0.141 e. The molecule has 0 aromatic heterocycles. The molecule has 4 heteroatoms. The first kappa shape index (κ1) is 11.0. The fourth-order valence-electron chi connectivity index (χ4n) is 0.979. The highest BCUT2D eigenvalue weighted by Gasteiger charge is 2.03. The van der Waals surface area contributed by atoms with Crippen LogP contribution in [0.1, 0.15) is 18.9 Å². The van der Waals surface area contributed by atoms with Gasteiger partial charge in [0.25, 0.3) is 0 Å². The van der Waals surface area contributed by atoms with Gasteiger partial charge in [-0.05, 0) is 24.6 Å². The Morgan fingerprint density at radius 2 is 2.29 bits per heavy atom. The van der Waals surface area contributed by atoms with Gasteiger partial charge in [0.15, 0.2) is 0 Å². The molecule has 0 aliphatic rings. The highest BCUT2D eigenvalue weighted by Crippen LogP contribution is 2.15. The Hall–Kier alpha value is -1.09. The first-order chi connectivity index (χ1) is 6.65. The molecule has 0 heterocycles. The van der Waals surface area contributed by atoms with Crippen molar-refractivity contribution in [3.8, 4) is 0 Å². The lowest BCUT2D eigenvalue weighted by Crippen LogP contribution is -2.14. The summed E-state index contributed by atoms with van der Waals surface area (Å²) in [5.41, 5.74) is 6.33. The average Bonchev–Trinajstić information content (AvgIpc) is 2.18. The first-order valence-corrected chi connectivity index (χ1v) is 4.78. The van der Waals surface area contributed by atoms with Crippen LogP contribution in [-0.4, -0.2) is 12.4 Å². The van der Waals surface area contributed by atoms with Gasteiger partial charge < -0.3 is 5.73 Å². The van der Waals surface area contributed by atoms with Crippen LogP contribution in [0, 0.1) is 5.82 Å². The summed E-state index contributed by atoms with van der Waals surface area (Å²) in [5.74, 6) is -0.0486. The van der Waals surface area contributed by atoms with Crippen molar-refractivity contribution in [2.75, 3.05) is 6.54 Å². The van der Waals surface area contributed by atoms with E-state index in [0.29, 0.717) is 17.9 Å². The molecule has 0 atom stereocenters. The average molecular weight is 215 g/mol. The molecular weight excluding hydrogens is 203 g/mol. The number of aliphatic imine (C=N–C) groups is 1. The van der Waals surface area contributed by atoms with Gasteiger partial charge in [-0.15, -0.1) is 0 Å².